The van der Waals surface area contributed by atoms with Gasteiger partial charge in [-0.25, -0.2) is 5.43 Å². The zero-order chi connectivity index (χ0) is 23.2. The average molecular weight is 541 g/mol. The maximum Gasteiger partial charge on any atom is 0.250 e. The van der Waals surface area contributed by atoms with Crippen molar-refractivity contribution in [3.63, 3.8) is 0 Å². The molecule has 0 aliphatic heterocycles. The number of hydrazone groups is 1. The van der Waals surface area contributed by atoms with Crippen molar-refractivity contribution in [1.82, 2.24) is 20.2 Å². The van der Waals surface area contributed by atoms with Gasteiger partial charge in [-0.3, -0.25) is 9.36 Å². The third kappa shape index (κ3) is 5.71. The van der Waals surface area contributed by atoms with Crippen LogP contribution in [0.5, 0.6) is 0 Å². The molecule has 0 bridgehead atoms. The summed E-state index contributed by atoms with van der Waals surface area (Å²) >= 11 is 10.9. The van der Waals surface area contributed by atoms with Gasteiger partial charge in [-0.2, -0.15) is 5.10 Å². The molecule has 166 valence electrons. The van der Waals surface area contributed by atoms with Gasteiger partial charge in [-0.1, -0.05) is 87.8 Å². The van der Waals surface area contributed by atoms with Crippen molar-refractivity contribution in [2.75, 3.05) is 5.75 Å². The van der Waals surface area contributed by atoms with Gasteiger partial charge in [0.25, 0.3) is 5.91 Å². The largest absolute Gasteiger partial charge is 0.272 e. The molecule has 0 radical (unpaired) electrons. The highest BCUT2D eigenvalue weighted by molar-refractivity contribution is 9.10. The van der Waals surface area contributed by atoms with Crippen molar-refractivity contribution in [1.29, 1.82) is 0 Å². The van der Waals surface area contributed by atoms with E-state index < -0.39 is 0 Å². The summed E-state index contributed by atoms with van der Waals surface area (Å²) in [6.07, 6.45) is 0. The number of carbonyl (C=O) groups is 1. The van der Waals surface area contributed by atoms with Crippen LogP contribution >= 0.6 is 39.3 Å². The molecule has 1 heterocycles. The van der Waals surface area contributed by atoms with Gasteiger partial charge in [0, 0.05) is 26.3 Å². The quantitative estimate of drug-likeness (QED) is 0.178. The molecule has 0 fully saturated rings. The summed E-state index contributed by atoms with van der Waals surface area (Å²) in [7, 11) is 0. The number of nitrogens with one attached hydrogen (secondary N) is 1. The number of nitrogens with zero attached hydrogens (tertiary/aromatic N) is 4. The van der Waals surface area contributed by atoms with Crippen molar-refractivity contribution in [3.8, 4) is 17.1 Å². The van der Waals surface area contributed by atoms with E-state index in [4.69, 9.17) is 11.6 Å². The van der Waals surface area contributed by atoms with E-state index in [-0.39, 0.29) is 11.7 Å². The smallest absolute Gasteiger partial charge is 0.250 e. The molecule has 0 aliphatic rings. The van der Waals surface area contributed by atoms with Crippen molar-refractivity contribution >= 4 is 50.9 Å². The molecule has 0 unspecified atom stereocenters. The summed E-state index contributed by atoms with van der Waals surface area (Å²) in [5.41, 5.74) is 5.83. The fraction of sp³-hybridized carbons (Fsp3) is 0.0833. The van der Waals surface area contributed by atoms with Crippen LogP contribution < -0.4 is 5.43 Å². The Morgan fingerprint density at radius 1 is 1.03 bits per heavy atom. The van der Waals surface area contributed by atoms with Crippen molar-refractivity contribution < 1.29 is 4.79 Å². The van der Waals surface area contributed by atoms with Gasteiger partial charge in [0.05, 0.1) is 11.5 Å². The molecular weight excluding hydrogens is 522 g/mol. The lowest BCUT2D eigenvalue weighted by molar-refractivity contribution is -0.118. The number of amides is 1. The SMILES string of the molecule is CC(=NNC(=O)CSc1nnc(-c2ccc(Br)cc2)n1-c1ccccc1)c1ccccc1Cl. The van der Waals surface area contributed by atoms with Crippen LogP contribution in [0.2, 0.25) is 5.02 Å². The summed E-state index contributed by atoms with van der Waals surface area (Å²) < 4.78 is 2.93. The standard InChI is InChI=1S/C24H19BrClN5OS/c1-16(20-9-5-6-10-21(20)26)27-28-22(32)15-33-24-30-29-23(17-11-13-18(25)14-12-17)31(24)19-7-3-2-4-8-19/h2-14H,15H2,1H3,(H,28,32). The Kier molecular flexibility index (Phi) is 7.59. The van der Waals surface area contributed by atoms with Gasteiger partial charge in [0.2, 0.25) is 0 Å². The number of para-hydroxylation sites is 1. The van der Waals surface area contributed by atoms with Crippen LogP contribution in [-0.4, -0.2) is 32.1 Å². The van der Waals surface area contributed by atoms with Gasteiger partial charge in [0.1, 0.15) is 0 Å². The molecule has 9 heteroatoms. The van der Waals surface area contributed by atoms with Gasteiger partial charge in [-0.15, -0.1) is 10.2 Å². The number of halogens is 2. The van der Waals surface area contributed by atoms with E-state index in [0.717, 1.165) is 21.3 Å². The first kappa shape index (κ1) is 23.2. The van der Waals surface area contributed by atoms with Crippen molar-refractivity contribution in [3.05, 3.63) is 93.9 Å². The molecule has 1 N–H and O–H groups in total. The minimum Gasteiger partial charge on any atom is -0.272 e. The lowest BCUT2D eigenvalue weighted by atomic mass is 10.1. The third-order valence-corrected chi connectivity index (χ3v) is 6.48. The Balaban J connectivity index is 1.52. The summed E-state index contributed by atoms with van der Waals surface area (Å²) in [5, 5.41) is 14.1. The Morgan fingerprint density at radius 2 is 1.73 bits per heavy atom. The highest BCUT2D eigenvalue weighted by atomic mass is 79.9. The van der Waals surface area contributed by atoms with Gasteiger partial charge >= 0.3 is 0 Å². The normalized spacial score (nSPS) is 11.4. The zero-order valence-electron chi connectivity index (χ0n) is 17.6. The second-order valence-electron chi connectivity index (χ2n) is 6.98. The van der Waals surface area contributed by atoms with E-state index in [0.29, 0.717) is 21.7 Å². The molecule has 0 atom stereocenters. The Bertz CT molecular complexity index is 1290. The number of hydrogen-bond acceptors (Lipinski definition) is 5. The van der Waals surface area contributed by atoms with Crippen LogP contribution in [0, 0.1) is 0 Å². The number of thioether (sulfide) groups is 1. The zero-order valence-corrected chi connectivity index (χ0v) is 20.7. The number of benzene rings is 3. The van der Waals surface area contributed by atoms with Gasteiger partial charge in [0.15, 0.2) is 11.0 Å². The second kappa shape index (κ2) is 10.8. The predicted octanol–water partition coefficient (Wildman–Crippen LogP) is 5.98. The van der Waals surface area contributed by atoms with Crippen LogP contribution in [0.1, 0.15) is 12.5 Å². The summed E-state index contributed by atoms with van der Waals surface area (Å²) in [6, 6.07) is 25.0. The highest BCUT2D eigenvalue weighted by Crippen LogP contribution is 2.28. The number of aromatic nitrogens is 3. The number of hydrogen-bond donors (Lipinski definition) is 1. The van der Waals surface area contributed by atoms with Crippen LogP contribution in [0.3, 0.4) is 0 Å². The minimum atomic E-state index is -0.251. The Labute approximate surface area is 209 Å². The fourth-order valence-electron chi connectivity index (χ4n) is 3.08. The Morgan fingerprint density at radius 3 is 2.45 bits per heavy atom. The molecule has 0 saturated heterocycles. The summed E-state index contributed by atoms with van der Waals surface area (Å²) in [4.78, 5) is 12.5. The van der Waals surface area contributed by atoms with Gasteiger partial charge < -0.3 is 0 Å². The molecule has 0 saturated carbocycles. The minimum absolute atomic E-state index is 0.130. The third-order valence-electron chi connectivity index (χ3n) is 4.69. The topological polar surface area (TPSA) is 72.2 Å². The van der Waals surface area contributed by atoms with Crippen LogP contribution in [0.25, 0.3) is 17.1 Å². The number of rotatable bonds is 7. The molecule has 1 aromatic heterocycles. The molecule has 4 rings (SSSR count). The van der Waals surface area contributed by atoms with E-state index in [2.05, 4.69) is 36.7 Å². The fourth-order valence-corrected chi connectivity index (χ4v) is 4.36. The van der Waals surface area contributed by atoms with E-state index in [1.165, 1.54) is 11.8 Å². The van der Waals surface area contributed by atoms with Crippen molar-refractivity contribution in [2.24, 2.45) is 5.10 Å². The van der Waals surface area contributed by atoms with E-state index in [9.17, 15) is 4.79 Å². The van der Waals surface area contributed by atoms with E-state index >= 15 is 0 Å². The molecule has 3 aromatic carbocycles. The van der Waals surface area contributed by atoms with E-state index in [1.807, 2.05) is 77.4 Å². The highest BCUT2D eigenvalue weighted by Gasteiger charge is 2.17. The predicted molar refractivity (Wildman–Crippen MR) is 137 cm³/mol. The molecule has 6 nitrogen and oxygen atoms in total. The molecule has 33 heavy (non-hydrogen) atoms. The van der Waals surface area contributed by atoms with E-state index in [1.54, 1.807) is 13.0 Å². The van der Waals surface area contributed by atoms with Crippen LogP contribution in [0.4, 0.5) is 0 Å². The maximum absolute atomic E-state index is 12.5. The van der Waals surface area contributed by atoms with Crippen molar-refractivity contribution in [2.45, 2.75) is 12.1 Å². The number of carbonyl (C=O) groups excluding carboxylic acids is 1. The monoisotopic (exact) mass is 539 g/mol. The first-order valence-electron chi connectivity index (χ1n) is 10.0. The molecule has 0 aliphatic carbocycles. The lowest BCUT2D eigenvalue weighted by Crippen LogP contribution is -2.21. The molecule has 0 spiro atoms. The Hall–Kier alpha value is -2.94. The maximum atomic E-state index is 12.5. The summed E-state index contributed by atoms with van der Waals surface area (Å²) in [5.74, 6) is 0.577. The molecule has 4 aromatic rings. The van der Waals surface area contributed by atoms with Crippen LogP contribution in [-0.2, 0) is 4.79 Å². The van der Waals surface area contributed by atoms with Crippen LogP contribution in [0.15, 0.2) is 93.6 Å². The molecule has 1 amide bonds. The second-order valence-corrected chi connectivity index (χ2v) is 9.25. The lowest BCUT2D eigenvalue weighted by Gasteiger charge is -2.10. The first-order chi connectivity index (χ1) is 16.0. The summed E-state index contributed by atoms with van der Waals surface area (Å²) in [6.45, 7) is 1.80. The van der Waals surface area contributed by atoms with Gasteiger partial charge in [-0.05, 0) is 37.3 Å². The molecular formula is C24H19BrClN5OS. The average Bonchev–Trinajstić information content (AvgIpc) is 3.26. The first-order valence-corrected chi connectivity index (χ1v) is 12.2.